The quantitative estimate of drug-likeness (QED) is 0.797. The van der Waals surface area contributed by atoms with Crippen molar-refractivity contribution < 1.29 is 4.74 Å². The number of hydrogen-bond donors (Lipinski definition) is 0. The van der Waals surface area contributed by atoms with Crippen molar-refractivity contribution in [3.8, 4) is 0 Å². The van der Waals surface area contributed by atoms with Crippen molar-refractivity contribution in [2.75, 3.05) is 23.9 Å². The Morgan fingerprint density at radius 3 is 2.95 bits per heavy atom. The van der Waals surface area contributed by atoms with E-state index in [2.05, 4.69) is 41.7 Å². The van der Waals surface area contributed by atoms with Crippen LogP contribution >= 0.6 is 11.6 Å². The summed E-state index contributed by atoms with van der Waals surface area (Å²) >= 11 is 5.96. The normalized spacial score (nSPS) is 22.5. The zero-order valence-electron chi connectivity index (χ0n) is 11.9. The lowest BCUT2D eigenvalue weighted by atomic mass is 10.1. The van der Waals surface area contributed by atoms with E-state index >= 15 is 0 Å². The molecule has 0 spiro atoms. The summed E-state index contributed by atoms with van der Waals surface area (Å²) in [5.41, 5.74) is 0.896. The van der Waals surface area contributed by atoms with Crippen LogP contribution in [-0.2, 0) is 11.2 Å². The Morgan fingerprint density at radius 1 is 1.47 bits per heavy atom. The Labute approximate surface area is 120 Å². The third-order valence-corrected chi connectivity index (χ3v) is 3.54. The van der Waals surface area contributed by atoms with Gasteiger partial charge in [0.1, 0.15) is 12.1 Å². The number of alkyl halides is 1. The molecule has 1 aromatic heterocycles. The fourth-order valence-electron chi connectivity index (χ4n) is 2.50. The van der Waals surface area contributed by atoms with Gasteiger partial charge in [0.25, 0.3) is 0 Å². The molecule has 19 heavy (non-hydrogen) atoms. The molecule has 1 aliphatic heterocycles. The van der Waals surface area contributed by atoms with Crippen molar-refractivity contribution in [3.63, 3.8) is 0 Å². The average Bonchev–Trinajstić information content (AvgIpc) is 2.37. The van der Waals surface area contributed by atoms with Crippen molar-refractivity contribution in [1.29, 1.82) is 0 Å². The maximum atomic E-state index is 5.96. The van der Waals surface area contributed by atoms with Crippen LogP contribution in [0, 0.1) is 0 Å². The summed E-state index contributed by atoms with van der Waals surface area (Å²) < 4.78 is 5.94. The molecular formula is C14H22ClN3O. The van der Waals surface area contributed by atoms with Gasteiger partial charge in [0, 0.05) is 24.8 Å². The molecule has 1 atom stereocenters. The molecule has 0 saturated carbocycles. The van der Waals surface area contributed by atoms with Gasteiger partial charge in [0.05, 0.1) is 17.6 Å². The van der Waals surface area contributed by atoms with E-state index in [1.807, 2.05) is 0 Å². The zero-order chi connectivity index (χ0) is 13.9. The van der Waals surface area contributed by atoms with Crippen LogP contribution < -0.4 is 4.90 Å². The van der Waals surface area contributed by atoms with Crippen LogP contribution in [0.5, 0.6) is 0 Å². The number of halogens is 1. The van der Waals surface area contributed by atoms with E-state index in [-0.39, 0.29) is 11.7 Å². The first-order valence-corrected chi connectivity index (χ1v) is 7.37. The van der Waals surface area contributed by atoms with E-state index in [1.165, 1.54) is 0 Å². The number of aromatic nitrogens is 2. The molecule has 0 radical (unpaired) electrons. The van der Waals surface area contributed by atoms with Crippen molar-refractivity contribution in [2.45, 2.75) is 45.3 Å². The summed E-state index contributed by atoms with van der Waals surface area (Å²) in [5, 5.41) is 0. The van der Waals surface area contributed by atoms with Crippen LogP contribution in [0.15, 0.2) is 12.4 Å². The van der Waals surface area contributed by atoms with Gasteiger partial charge >= 0.3 is 0 Å². The van der Waals surface area contributed by atoms with Gasteiger partial charge in [-0.2, -0.15) is 0 Å². The monoisotopic (exact) mass is 283 g/mol. The Bertz CT molecular complexity index is 425. The molecule has 2 rings (SSSR count). The van der Waals surface area contributed by atoms with E-state index in [9.17, 15) is 0 Å². The molecular weight excluding hydrogens is 262 g/mol. The van der Waals surface area contributed by atoms with E-state index in [0.717, 1.165) is 37.4 Å². The van der Waals surface area contributed by atoms with Crippen LogP contribution in [0.3, 0.4) is 0 Å². The first-order valence-electron chi connectivity index (χ1n) is 6.83. The second-order valence-electron chi connectivity index (χ2n) is 5.65. The van der Waals surface area contributed by atoms with Gasteiger partial charge in [-0.25, -0.2) is 9.97 Å². The predicted octanol–water partition coefficient (Wildman–Crippen LogP) is 2.65. The van der Waals surface area contributed by atoms with Gasteiger partial charge in [0.15, 0.2) is 0 Å². The molecule has 1 saturated heterocycles. The average molecular weight is 284 g/mol. The molecule has 2 heterocycles. The molecule has 4 nitrogen and oxygen atoms in total. The standard InChI is InChI=1S/C14H22ClN3O/c1-4-5-11-6-13(17-10-16-11)18-8-12(7-15)19-14(2,3)9-18/h6,10,12H,4-5,7-9H2,1-3H3. The molecule has 0 aliphatic carbocycles. The first kappa shape index (κ1) is 14.5. The van der Waals surface area contributed by atoms with Crippen LogP contribution in [0.4, 0.5) is 5.82 Å². The largest absolute Gasteiger partial charge is 0.367 e. The van der Waals surface area contributed by atoms with Crippen LogP contribution in [-0.4, -0.2) is 40.6 Å². The Kier molecular flexibility index (Phi) is 4.63. The van der Waals surface area contributed by atoms with Gasteiger partial charge in [-0.15, -0.1) is 11.6 Å². The Hall–Kier alpha value is -0.870. The van der Waals surface area contributed by atoms with E-state index in [0.29, 0.717) is 5.88 Å². The SMILES string of the molecule is CCCc1cc(N2CC(CCl)OC(C)(C)C2)ncn1. The van der Waals surface area contributed by atoms with E-state index in [4.69, 9.17) is 16.3 Å². The van der Waals surface area contributed by atoms with Crippen LogP contribution in [0.25, 0.3) is 0 Å². The second kappa shape index (κ2) is 6.06. The molecule has 0 N–H and O–H groups in total. The Balaban J connectivity index is 2.17. The predicted molar refractivity (Wildman–Crippen MR) is 77.9 cm³/mol. The molecule has 5 heteroatoms. The summed E-state index contributed by atoms with van der Waals surface area (Å²) in [7, 11) is 0. The lowest BCUT2D eigenvalue weighted by Crippen LogP contribution is -2.53. The summed E-state index contributed by atoms with van der Waals surface area (Å²) in [5.74, 6) is 1.48. The van der Waals surface area contributed by atoms with Crippen molar-refractivity contribution >= 4 is 17.4 Å². The lowest BCUT2D eigenvalue weighted by molar-refractivity contribution is -0.0736. The number of morpholine rings is 1. The zero-order valence-corrected chi connectivity index (χ0v) is 12.7. The molecule has 0 bridgehead atoms. The van der Waals surface area contributed by atoms with Crippen molar-refractivity contribution in [2.24, 2.45) is 0 Å². The number of ether oxygens (including phenoxy) is 1. The molecule has 0 aromatic carbocycles. The maximum Gasteiger partial charge on any atom is 0.132 e. The smallest absolute Gasteiger partial charge is 0.132 e. The second-order valence-corrected chi connectivity index (χ2v) is 5.96. The van der Waals surface area contributed by atoms with Crippen LogP contribution in [0.2, 0.25) is 0 Å². The number of anilines is 1. The van der Waals surface area contributed by atoms with Gasteiger partial charge in [0.2, 0.25) is 0 Å². The summed E-state index contributed by atoms with van der Waals surface area (Å²) in [6.07, 6.45) is 3.78. The fraction of sp³-hybridized carbons (Fsp3) is 0.714. The highest BCUT2D eigenvalue weighted by molar-refractivity contribution is 6.18. The first-order chi connectivity index (χ1) is 9.04. The van der Waals surface area contributed by atoms with Gasteiger partial charge in [-0.05, 0) is 20.3 Å². The maximum absolute atomic E-state index is 5.96. The number of nitrogens with zero attached hydrogens (tertiary/aromatic N) is 3. The summed E-state index contributed by atoms with van der Waals surface area (Å²) in [6.45, 7) is 7.95. The van der Waals surface area contributed by atoms with E-state index in [1.54, 1.807) is 6.33 Å². The molecule has 0 amide bonds. The van der Waals surface area contributed by atoms with Gasteiger partial charge < -0.3 is 9.64 Å². The molecule has 1 fully saturated rings. The van der Waals surface area contributed by atoms with E-state index < -0.39 is 0 Å². The molecule has 1 aromatic rings. The highest BCUT2D eigenvalue weighted by Gasteiger charge is 2.33. The van der Waals surface area contributed by atoms with Gasteiger partial charge in [-0.1, -0.05) is 13.3 Å². The van der Waals surface area contributed by atoms with Crippen molar-refractivity contribution in [3.05, 3.63) is 18.1 Å². The molecule has 1 aliphatic rings. The topological polar surface area (TPSA) is 38.2 Å². The Morgan fingerprint density at radius 2 is 2.26 bits per heavy atom. The molecule has 1 unspecified atom stereocenters. The van der Waals surface area contributed by atoms with Crippen molar-refractivity contribution in [1.82, 2.24) is 9.97 Å². The fourth-order valence-corrected chi connectivity index (χ4v) is 2.66. The third-order valence-electron chi connectivity index (χ3n) is 3.19. The molecule has 106 valence electrons. The number of hydrogen-bond acceptors (Lipinski definition) is 4. The lowest BCUT2D eigenvalue weighted by Gasteiger charge is -2.42. The minimum absolute atomic E-state index is 0.0509. The highest BCUT2D eigenvalue weighted by atomic mass is 35.5. The summed E-state index contributed by atoms with van der Waals surface area (Å²) in [4.78, 5) is 10.9. The van der Waals surface area contributed by atoms with Gasteiger partial charge in [-0.3, -0.25) is 0 Å². The minimum Gasteiger partial charge on any atom is -0.367 e. The third kappa shape index (κ3) is 3.80. The van der Waals surface area contributed by atoms with Crippen LogP contribution in [0.1, 0.15) is 32.9 Å². The highest BCUT2D eigenvalue weighted by Crippen LogP contribution is 2.25. The number of aryl methyl sites for hydroxylation is 1. The number of rotatable bonds is 4. The summed E-state index contributed by atoms with van der Waals surface area (Å²) in [6, 6.07) is 2.08. The minimum atomic E-state index is -0.201.